The molecule has 0 heterocycles. The number of benzene rings is 6. The fourth-order valence-electron chi connectivity index (χ4n) is 8.66. The van der Waals surface area contributed by atoms with E-state index in [0.29, 0.717) is 0 Å². The summed E-state index contributed by atoms with van der Waals surface area (Å²) in [5.74, 6) is -0.172. The maximum Gasteiger partial charge on any atom is 0.123 e. The van der Waals surface area contributed by atoms with Gasteiger partial charge >= 0.3 is 0 Å². The van der Waals surface area contributed by atoms with Crippen LogP contribution < -0.4 is 4.90 Å². The molecular formula is C46H38FN. The minimum absolute atomic E-state index is 0.0762. The van der Waals surface area contributed by atoms with Crippen LogP contribution in [0, 0.1) is 5.82 Å². The van der Waals surface area contributed by atoms with E-state index in [4.69, 9.17) is 0 Å². The van der Waals surface area contributed by atoms with Crippen molar-refractivity contribution in [1.82, 2.24) is 0 Å². The van der Waals surface area contributed by atoms with Gasteiger partial charge in [-0.15, -0.1) is 0 Å². The van der Waals surface area contributed by atoms with Gasteiger partial charge in [0.25, 0.3) is 0 Å². The smallest absolute Gasteiger partial charge is 0.123 e. The van der Waals surface area contributed by atoms with E-state index in [1.54, 1.807) is 12.1 Å². The number of fused-ring (bicyclic) bond motifs is 7. The van der Waals surface area contributed by atoms with E-state index in [0.717, 1.165) is 24.0 Å². The summed E-state index contributed by atoms with van der Waals surface area (Å²) in [5, 5.41) is 2.48. The molecule has 0 N–H and O–H groups in total. The molecule has 9 rings (SSSR count). The third-order valence-corrected chi connectivity index (χ3v) is 11.3. The summed E-state index contributed by atoms with van der Waals surface area (Å²) in [4.78, 5) is 2.49. The number of hydrogen-bond acceptors (Lipinski definition) is 1. The Morgan fingerprint density at radius 1 is 0.542 bits per heavy atom. The molecule has 0 radical (unpaired) electrons. The standard InChI is InChI=1S/C46H38FN/c1-45(2)40-14-8-7-13-36(40)39-25-22-34(28-43(39)45)48(44-15-9-11-30-10-5-6-12-35(30)44)33-20-16-29(17-21-33)31-18-23-37-38-24-19-32(47)27-42(38)46(3,4)41(37)26-31/h5-16,18-20,22-28H,17,21H2,1-4H3. The minimum atomic E-state index is -0.245. The van der Waals surface area contributed by atoms with Gasteiger partial charge < -0.3 is 4.90 Å². The largest absolute Gasteiger partial charge is 0.314 e. The summed E-state index contributed by atoms with van der Waals surface area (Å²) in [6.45, 7) is 9.14. The van der Waals surface area contributed by atoms with E-state index in [-0.39, 0.29) is 16.6 Å². The van der Waals surface area contributed by atoms with Crippen molar-refractivity contribution in [3.05, 3.63) is 173 Å². The van der Waals surface area contributed by atoms with Crippen LogP contribution >= 0.6 is 0 Å². The van der Waals surface area contributed by atoms with Crippen LogP contribution in [0.4, 0.5) is 15.8 Å². The molecule has 0 atom stereocenters. The van der Waals surface area contributed by atoms with Crippen LogP contribution in [-0.2, 0) is 10.8 Å². The second-order valence-corrected chi connectivity index (χ2v) is 14.7. The zero-order valence-corrected chi connectivity index (χ0v) is 27.9. The number of hydrogen-bond donors (Lipinski definition) is 0. The lowest BCUT2D eigenvalue weighted by molar-refractivity contribution is 0.609. The average molecular weight is 624 g/mol. The molecule has 0 unspecified atom stereocenters. The van der Waals surface area contributed by atoms with E-state index in [9.17, 15) is 4.39 Å². The monoisotopic (exact) mass is 623 g/mol. The first-order valence-electron chi connectivity index (χ1n) is 17.1. The van der Waals surface area contributed by atoms with Crippen molar-refractivity contribution in [2.24, 2.45) is 0 Å². The van der Waals surface area contributed by atoms with Crippen LogP contribution in [0.5, 0.6) is 0 Å². The van der Waals surface area contributed by atoms with E-state index >= 15 is 0 Å². The number of anilines is 2. The molecule has 0 bridgehead atoms. The Kier molecular flexibility index (Phi) is 6.27. The Morgan fingerprint density at radius 2 is 1.19 bits per heavy atom. The lowest BCUT2D eigenvalue weighted by Gasteiger charge is -2.32. The van der Waals surface area contributed by atoms with Crippen molar-refractivity contribution in [3.63, 3.8) is 0 Å². The summed E-state index contributed by atoms with van der Waals surface area (Å²) in [6, 6.07) is 43.3. The lowest BCUT2D eigenvalue weighted by Crippen LogP contribution is -2.20. The molecule has 0 aliphatic heterocycles. The lowest BCUT2D eigenvalue weighted by atomic mass is 9.81. The highest BCUT2D eigenvalue weighted by atomic mass is 19.1. The van der Waals surface area contributed by atoms with Crippen molar-refractivity contribution < 1.29 is 4.39 Å². The van der Waals surface area contributed by atoms with Gasteiger partial charge in [0.15, 0.2) is 0 Å². The molecular weight excluding hydrogens is 586 g/mol. The second-order valence-electron chi connectivity index (χ2n) is 14.7. The highest BCUT2D eigenvalue weighted by molar-refractivity contribution is 5.98. The normalized spacial score (nSPS) is 16.4. The summed E-state index contributed by atoms with van der Waals surface area (Å²) in [5.41, 5.74) is 16.1. The number of halogens is 1. The average Bonchev–Trinajstić information content (AvgIpc) is 3.47. The van der Waals surface area contributed by atoms with Gasteiger partial charge in [-0.05, 0) is 116 Å². The van der Waals surface area contributed by atoms with Crippen LogP contribution in [0.25, 0.3) is 38.6 Å². The third-order valence-electron chi connectivity index (χ3n) is 11.3. The Labute approximate surface area is 282 Å². The minimum Gasteiger partial charge on any atom is -0.314 e. The van der Waals surface area contributed by atoms with E-state index in [1.807, 2.05) is 6.07 Å². The number of nitrogens with zero attached hydrogens (tertiary/aromatic N) is 1. The first-order chi connectivity index (χ1) is 23.2. The van der Waals surface area contributed by atoms with E-state index in [1.165, 1.54) is 72.4 Å². The van der Waals surface area contributed by atoms with Crippen molar-refractivity contribution in [3.8, 4) is 22.3 Å². The Bertz CT molecular complexity index is 2360. The molecule has 0 spiro atoms. The maximum absolute atomic E-state index is 14.3. The summed E-state index contributed by atoms with van der Waals surface area (Å²) < 4.78 is 14.3. The highest BCUT2D eigenvalue weighted by Crippen LogP contribution is 2.52. The van der Waals surface area contributed by atoms with Gasteiger partial charge in [-0.1, -0.05) is 119 Å². The van der Waals surface area contributed by atoms with Crippen LogP contribution in [0.3, 0.4) is 0 Å². The van der Waals surface area contributed by atoms with Crippen molar-refractivity contribution in [2.45, 2.75) is 51.4 Å². The molecule has 0 amide bonds. The molecule has 0 aromatic heterocycles. The molecule has 2 heteroatoms. The van der Waals surface area contributed by atoms with Crippen LogP contribution in [0.2, 0.25) is 0 Å². The molecule has 6 aromatic carbocycles. The van der Waals surface area contributed by atoms with E-state index in [2.05, 4.69) is 148 Å². The fourth-order valence-corrected chi connectivity index (χ4v) is 8.66. The predicted octanol–water partition coefficient (Wildman–Crippen LogP) is 12.5. The maximum atomic E-state index is 14.3. The molecule has 0 fully saturated rings. The molecule has 0 saturated heterocycles. The fraction of sp³-hybridized carbons (Fsp3) is 0.174. The van der Waals surface area contributed by atoms with Gasteiger partial charge in [0, 0.05) is 27.6 Å². The number of allylic oxidation sites excluding steroid dienone is 4. The summed E-state index contributed by atoms with van der Waals surface area (Å²) >= 11 is 0. The van der Waals surface area contributed by atoms with Crippen molar-refractivity contribution >= 4 is 27.7 Å². The quantitative estimate of drug-likeness (QED) is 0.189. The Hall–Kier alpha value is -5.21. The van der Waals surface area contributed by atoms with Crippen molar-refractivity contribution in [1.29, 1.82) is 0 Å². The zero-order valence-electron chi connectivity index (χ0n) is 27.9. The molecule has 0 saturated carbocycles. The van der Waals surface area contributed by atoms with Crippen molar-refractivity contribution in [2.75, 3.05) is 4.90 Å². The van der Waals surface area contributed by atoms with Gasteiger partial charge in [0.1, 0.15) is 5.82 Å². The molecule has 3 aliphatic rings. The number of rotatable bonds is 4. The first kappa shape index (κ1) is 29.0. The van der Waals surface area contributed by atoms with Crippen LogP contribution in [-0.4, -0.2) is 0 Å². The zero-order chi connectivity index (χ0) is 32.8. The topological polar surface area (TPSA) is 3.24 Å². The Balaban J connectivity index is 1.15. The van der Waals surface area contributed by atoms with E-state index < -0.39 is 0 Å². The van der Waals surface area contributed by atoms with Gasteiger partial charge in [0.05, 0.1) is 5.69 Å². The predicted molar refractivity (Wildman–Crippen MR) is 199 cm³/mol. The highest BCUT2D eigenvalue weighted by Gasteiger charge is 2.37. The SMILES string of the molecule is CC1(C)c2cc(F)ccc2-c2ccc(C3=CC=C(N(c4ccc5c(c4)C(C)(C)c4ccccc4-5)c4cccc5ccccc45)CC3)cc21. The molecule has 1 nitrogen and oxygen atoms in total. The molecule has 6 aromatic rings. The first-order valence-corrected chi connectivity index (χ1v) is 17.1. The van der Waals surface area contributed by atoms with Gasteiger partial charge in [-0.3, -0.25) is 0 Å². The summed E-state index contributed by atoms with van der Waals surface area (Å²) in [7, 11) is 0. The van der Waals surface area contributed by atoms with Crippen LogP contribution in [0.15, 0.2) is 139 Å². The second kappa shape index (κ2) is 10.4. The van der Waals surface area contributed by atoms with Gasteiger partial charge in [0.2, 0.25) is 0 Å². The third kappa shape index (κ3) is 4.21. The molecule has 234 valence electrons. The molecule has 3 aliphatic carbocycles. The van der Waals surface area contributed by atoms with Gasteiger partial charge in [-0.2, -0.15) is 0 Å². The van der Waals surface area contributed by atoms with Crippen LogP contribution in [0.1, 0.15) is 68.4 Å². The summed E-state index contributed by atoms with van der Waals surface area (Å²) in [6.07, 6.45) is 6.51. The molecule has 48 heavy (non-hydrogen) atoms. The van der Waals surface area contributed by atoms with Gasteiger partial charge in [-0.25, -0.2) is 4.39 Å². The Morgan fingerprint density at radius 3 is 2.00 bits per heavy atom.